The van der Waals surface area contributed by atoms with Crippen LogP contribution in [0.4, 0.5) is 16.3 Å². The SMILES string of the molecule is Cc1cccc(Cl)c1NC(=O)N1Cc2c(NC(=O)C3([Si](C)(C)C)CCC3)n[nH]c2C1(C)C. The van der Waals surface area contributed by atoms with Crippen molar-refractivity contribution in [1.82, 2.24) is 15.1 Å². The molecular weight excluding hydrogens is 442 g/mol. The van der Waals surface area contributed by atoms with Gasteiger partial charge in [0.15, 0.2) is 5.82 Å². The number of aromatic nitrogens is 2. The van der Waals surface area contributed by atoms with Crippen LogP contribution in [-0.2, 0) is 16.9 Å². The maximum atomic E-state index is 13.3. The van der Waals surface area contributed by atoms with Crippen LogP contribution in [0.1, 0.15) is 49.9 Å². The highest BCUT2D eigenvalue weighted by Gasteiger charge is 2.54. The normalized spacial score (nSPS) is 18.7. The van der Waals surface area contributed by atoms with Crippen LogP contribution < -0.4 is 10.6 Å². The van der Waals surface area contributed by atoms with Crippen molar-refractivity contribution in [1.29, 1.82) is 0 Å². The number of hydrogen-bond donors (Lipinski definition) is 3. The quantitative estimate of drug-likeness (QED) is 0.486. The highest BCUT2D eigenvalue weighted by molar-refractivity contribution is 6.83. The number of carbonyl (C=O) groups is 2. The van der Waals surface area contributed by atoms with Crippen LogP contribution in [-0.4, -0.2) is 35.1 Å². The summed E-state index contributed by atoms with van der Waals surface area (Å²) in [5.74, 6) is 0.608. The Kier molecular flexibility index (Phi) is 5.45. The molecule has 3 N–H and O–H groups in total. The summed E-state index contributed by atoms with van der Waals surface area (Å²) < 4.78 is 0. The standard InChI is InChI=1S/C23H32ClN5O2Si/c1-14-9-7-10-16(24)17(14)25-21(31)29-13-15-18(22(29,2)3)27-28-19(15)26-20(30)23(11-8-12-23)32(4,5)6/h7,9-10H,8,11-13H2,1-6H3,(H,25,31)(H2,26,27,28,30). The number of H-pyrrole nitrogens is 1. The smallest absolute Gasteiger partial charge is 0.309 e. The van der Waals surface area contributed by atoms with Gasteiger partial charge in [0.1, 0.15) is 0 Å². The summed E-state index contributed by atoms with van der Waals surface area (Å²) >= 11 is 6.31. The average Bonchev–Trinajstić information content (AvgIpc) is 3.14. The number of para-hydroxylation sites is 1. The van der Waals surface area contributed by atoms with Crippen LogP contribution >= 0.6 is 11.6 Å². The van der Waals surface area contributed by atoms with Crippen LogP contribution in [0.3, 0.4) is 0 Å². The van der Waals surface area contributed by atoms with Crippen LogP contribution in [0.15, 0.2) is 18.2 Å². The molecule has 1 fully saturated rings. The number of amides is 3. The highest BCUT2D eigenvalue weighted by atomic mass is 35.5. The molecule has 0 radical (unpaired) electrons. The number of halogens is 1. The Bertz CT molecular complexity index is 1060. The van der Waals surface area contributed by atoms with E-state index < -0.39 is 13.6 Å². The number of rotatable bonds is 4. The molecule has 0 spiro atoms. The van der Waals surface area contributed by atoms with E-state index in [1.807, 2.05) is 32.9 Å². The van der Waals surface area contributed by atoms with E-state index in [1.54, 1.807) is 11.0 Å². The second-order valence-corrected chi connectivity index (χ2v) is 16.4. The Balaban J connectivity index is 1.56. The minimum Gasteiger partial charge on any atom is -0.309 e. The summed E-state index contributed by atoms with van der Waals surface area (Å²) in [4.78, 5) is 28.3. The molecule has 1 aromatic carbocycles. The molecule has 172 valence electrons. The summed E-state index contributed by atoms with van der Waals surface area (Å²) in [7, 11) is -1.70. The zero-order valence-electron chi connectivity index (χ0n) is 19.6. The minimum atomic E-state index is -1.70. The third-order valence-electron chi connectivity index (χ3n) is 7.48. The van der Waals surface area contributed by atoms with Gasteiger partial charge in [0.2, 0.25) is 5.91 Å². The molecule has 3 amide bonds. The highest BCUT2D eigenvalue weighted by Crippen LogP contribution is 2.56. The number of aryl methyl sites for hydroxylation is 1. The molecule has 9 heteroatoms. The maximum absolute atomic E-state index is 13.3. The van der Waals surface area contributed by atoms with Crippen molar-refractivity contribution in [2.45, 2.75) is 76.8 Å². The zero-order chi connectivity index (χ0) is 23.5. The number of nitrogens with one attached hydrogen (secondary N) is 3. The summed E-state index contributed by atoms with van der Waals surface area (Å²) in [6, 6.07) is 5.28. The molecule has 0 atom stereocenters. The summed E-state index contributed by atoms with van der Waals surface area (Å²) in [6.45, 7) is 13.0. The van der Waals surface area contributed by atoms with Crippen molar-refractivity contribution in [2.24, 2.45) is 0 Å². The first kappa shape index (κ1) is 22.9. The monoisotopic (exact) mass is 473 g/mol. The minimum absolute atomic E-state index is 0.0737. The summed E-state index contributed by atoms with van der Waals surface area (Å²) in [5, 5.41) is 13.8. The van der Waals surface area contributed by atoms with Gasteiger partial charge in [-0.2, -0.15) is 5.10 Å². The van der Waals surface area contributed by atoms with Crippen molar-refractivity contribution in [3.05, 3.63) is 40.0 Å². The van der Waals surface area contributed by atoms with Crippen LogP contribution in [0, 0.1) is 6.92 Å². The maximum Gasteiger partial charge on any atom is 0.322 e. The average molecular weight is 474 g/mol. The Labute approximate surface area is 195 Å². The number of urea groups is 1. The number of anilines is 2. The molecule has 32 heavy (non-hydrogen) atoms. The van der Waals surface area contributed by atoms with E-state index in [2.05, 4.69) is 40.5 Å². The predicted octanol–water partition coefficient (Wildman–Crippen LogP) is 5.86. The van der Waals surface area contributed by atoms with Gasteiger partial charge in [0.25, 0.3) is 0 Å². The van der Waals surface area contributed by atoms with Crippen molar-refractivity contribution in [3.8, 4) is 0 Å². The Morgan fingerprint density at radius 3 is 2.44 bits per heavy atom. The van der Waals surface area contributed by atoms with E-state index in [9.17, 15) is 9.59 Å². The van der Waals surface area contributed by atoms with Crippen LogP contribution in [0.25, 0.3) is 0 Å². The molecule has 0 saturated heterocycles. The first-order chi connectivity index (χ1) is 14.9. The van der Waals surface area contributed by atoms with E-state index in [-0.39, 0.29) is 17.0 Å². The molecule has 1 aromatic heterocycles. The van der Waals surface area contributed by atoms with Gasteiger partial charge in [-0.1, -0.05) is 49.8 Å². The molecule has 0 bridgehead atoms. The molecule has 1 aliphatic carbocycles. The van der Waals surface area contributed by atoms with Gasteiger partial charge >= 0.3 is 6.03 Å². The number of hydrogen-bond acceptors (Lipinski definition) is 3. The molecule has 7 nitrogen and oxygen atoms in total. The fourth-order valence-electron chi connectivity index (χ4n) is 4.98. The molecular formula is C23H32ClN5O2Si. The first-order valence-corrected chi connectivity index (χ1v) is 15.0. The molecule has 4 rings (SSSR count). The number of benzene rings is 1. The van der Waals surface area contributed by atoms with E-state index in [0.29, 0.717) is 23.1 Å². The molecule has 2 heterocycles. The molecule has 1 saturated carbocycles. The van der Waals surface area contributed by atoms with Gasteiger partial charge in [-0.05, 0) is 45.2 Å². The summed E-state index contributed by atoms with van der Waals surface area (Å²) in [6.07, 6.45) is 2.98. The van der Waals surface area contributed by atoms with Crippen molar-refractivity contribution in [3.63, 3.8) is 0 Å². The lowest BCUT2D eigenvalue weighted by atomic mass is 9.83. The topological polar surface area (TPSA) is 90.1 Å². The van der Waals surface area contributed by atoms with Crippen molar-refractivity contribution in [2.75, 3.05) is 10.6 Å². The van der Waals surface area contributed by atoms with Gasteiger partial charge in [0.05, 0.1) is 36.6 Å². The molecule has 2 aromatic rings. The lowest BCUT2D eigenvalue weighted by Gasteiger charge is -2.48. The summed E-state index contributed by atoms with van der Waals surface area (Å²) in [5.41, 5.74) is 2.60. The molecule has 2 aliphatic rings. The Morgan fingerprint density at radius 1 is 1.19 bits per heavy atom. The van der Waals surface area contributed by atoms with E-state index in [1.165, 1.54) is 0 Å². The number of nitrogens with zero attached hydrogens (tertiary/aromatic N) is 2. The lowest BCUT2D eigenvalue weighted by Crippen LogP contribution is -2.52. The first-order valence-electron chi connectivity index (χ1n) is 11.1. The fraction of sp³-hybridized carbons (Fsp3) is 0.522. The van der Waals surface area contributed by atoms with Gasteiger partial charge in [-0.15, -0.1) is 0 Å². The number of aromatic amines is 1. The number of fused-ring (bicyclic) bond motifs is 1. The second-order valence-electron chi connectivity index (χ2n) is 10.6. The number of carbonyl (C=O) groups excluding carboxylic acids is 2. The molecule has 1 aliphatic heterocycles. The Hall–Kier alpha value is -2.32. The third kappa shape index (κ3) is 3.44. The van der Waals surface area contributed by atoms with Gasteiger partial charge < -0.3 is 15.5 Å². The fourth-order valence-corrected chi connectivity index (χ4v) is 7.85. The van der Waals surface area contributed by atoms with E-state index in [4.69, 9.17) is 11.6 Å². The van der Waals surface area contributed by atoms with Crippen LogP contribution in [0.5, 0.6) is 0 Å². The third-order valence-corrected chi connectivity index (χ3v) is 11.4. The molecule has 0 unspecified atom stereocenters. The lowest BCUT2D eigenvalue weighted by molar-refractivity contribution is -0.121. The van der Waals surface area contributed by atoms with Crippen molar-refractivity contribution < 1.29 is 9.59 Å². The van der Waals surface area contributed by atoms with E-state index >= 15 is 0 Å². The predicted molar refractivity (Wildman–Crippen MR) is 131 cm³/mol. The van der Waals surface area contributed by atoms with Gasteiger partial charge in [0, 0.05) is 10.6 Å². The van der Waals surface area contributed by atoms with E-state index in [0.717, 1.165) is 36.1 Å². The van der Waals surface area contributed by atoms with Crippen molar-refractivity contribution >= 4 is 43.1 Å². The van der Waals surface area contributed by atoms with Crippen LogP contribution in [0.2, 0.25) is 29.7 Å². The largest absolute Gasteiger partial charge is 0.322 e. The van der Waals surface area contributed by atoms with Gasteiger partial charge in [-0.3, -0.25) is 9.89 Å². The second kappa shape index (κ2) is 7.62. The van der Waals surface area contributed by atoms with Gasteiger partial charge in [-0.25, -0.2) is 4.79 Å². The Morgan fingerprint density at radius 2 is 1.88 bits per heavy atom. The zero-order valence-corrected chi connectivity index (χ0v) is 21.4.